The Bertz CT molecular complexity index is 312. The minimum absolute atomic E-state index is 0.0485. The Balaban J connectivity index is 2.69. The van der Waals surface area contributed by atoms with Crippen molar-refractivity contribution in [1.29, 1.82) is 5.41 Å². The number of halogens is 2. The van der Waals surface area contributed by atoms with E-state index in [0.29, 0.717) is 5.56 Å². The molecule has 1 aromatic rings. The number of nitrogens with two attached hydrogens (primary N) is 1. The van der Waals surface area contributed by atoms with E-state index < -0.39 is 17.8 Å². The van der Waals surface area contributed by atoms with E-state index in [2.05, 4.69) is 0 Å². The summed E-state index contributed by atoms with van der Waals surface area (Å²) in [5, 5.41) is 6.81. The minimum atomic E-state index is -1.53. The molecule has 3 N–H and O–H groups in total. The fraction of sp³-hybridized carbons (Fsp3) is 0.222. The van der Waals surface area contributed by atoms with Crippen LogP contribution in [0.4, 0.5) is 8.78 Å². The van der Waals surface area contributed by atoms with Gasteiger partial charge in [-0.25, -0.2) is 8.78 Å². The molecule has 1 atom stereocenters. The third kappa shape index (κ3) is 2.82. The van der Waals surface area contributed by atoms with Crippen molar-refractivity contribution in [2.45, 2.75) is 12.6 Å². The summed E-state index contributed by atoms with van der Waals surface area (Å²) in [5.74, 6) is -0.933. The fourth-order valence-corrected chi connectivity index (χ4v) is 0.981. The molecule has 0 radical (unpaired) electrons. The fourth-order valence-electron chi connectivity index (χ4n) is 0.981. The molecule has 0 heterocycles. The van der Waals surface area contributed by atoms with Crippen LogP contribution in [-0.2, 0) is 6.42 Å². The van der Waals surface area contributed by atoms with Gasteiger partial charge in [0.2, 0.25) is 0 Å². The molecule has 0 aromatic heterocycles. The summed E-state index contributed by atoms with van der Waals surface area (Å²) < 4.78 is 25.5. The molecule has 0 fully saturated rings. The maximum Gasteiger partial charge on any atom is 0.160 e. The highest BCUT2D eigenvalue weighted by Crippen LogP contribution is 2.08. The zero-order chi connectivity index (χ0) is 9.84. The lowest BCUT2D eigenvalue weighted by Crippen LogP contribution is -2.25. The molecular formula is C9H10F2N2. The molecule has 0 aliphatic carbocycles. The highest BCUT2D eigenvalue weighted by Gasteiger charge is 2.10. The summed E-state index contributed by atoms with van der Waals surface area (Å²) in [4.78, 5) is 0. The van der Waals surface area contributed by atoms with Crippen LogP contribution in [0.3, 0.4) is 0 Å². The average Bonchev–Trinajstić information content (AvgIpc) is 2.04. The molecule has 0 aliphatic rings. The zero-order valence-electron chi connectivity index (χ0n) is 6.93. The van der Waals surface area contributed by atoms with E-state index in [1.54, 1.807) is 6.07 Å². The number of hydrogen-bond donors (Lipinski definition) is 2. The van der Waals surface area contributed by atoms with Crippen LogP contribution < -0.4 is 5.73 Å². The molecule has 13 heavy (non-hydrogen) atoms. The van der Waals surface area contributed by atoms with Crippen LogP contribution in [0, 0.1) is 11.2 Å². The van der Waals surface area contributed by atoms with Gasteiger partial charge in [0.1, 0.15) is 11.7 Å². The average molecular weight is 184 g/mol. The molecule has 1 rings (SSSR count). The van der Waals surface area contributed by atoms with Crippen molar-refractivity contribution in [1.82, 2.24) is 0 Å². The summed E-state index contributed by atoms with van der Waals surface area (Å²) in [6.07, 6.45) is -1.57. The molecule has 2 nitrogen and oxygen atoms in total. The van der Waals surface area contributed by atoms with E-state index in [1.165, 1.54) is 18.2 Å². The SMILES string of the molecule is N=C(N)C(F)Cc1cccc(F)c1. The van der Waals surface area contributed by atoms with Crippen LogP contribution in [0.25, 0.3) is 0 Å². The Hall–Kier alpha value is -1.45. The highest BCUT2D eigenvalue weighted by molar-refractivity contribution is 5.81. The maximum atomic E-state index is 12.9. The second-order valence-corrected chi connectivity index (χ2v) is 2.76. The van der Waals surface area contributed by atoms with Crippen LogP contribution in [0.2, 0.25) is 0 Å². The van der Waals surface area contributed by atoms with Crippen molar-refractivity contribution in [3.8, 4) is 0 Å². The Morgan fingerprint density at radius 1 is 1.54 bits per heavy atom. The standard InChI is InChI=1S/C9H10F2N2/c10-7-3-1-2-6(4-7)5-8(11)9(12)13/h1-4,8H,5H2,(H3,12,13). The molecule has 1 aromatic carbocycles. The molecule has 0 spiro atoms. The van der Waals surface area contributed by atoms with Gasteiger partial charge in [-0.2, -0.15) is 0 Å². The second-order valence-electron chi connectivity index (χ2n) is 2.76. The Labute approximate surface area is 74.9 Å². The third-order valence-electron chi connectivity index (χ3n) is 1.64. The van der Waals surface area contributed by atoms with Crippen molar-refractivity contribution in [3.63, 3.8) is 0 Å². The summed E-state index contributed by atoms with van der Waals surface area (Å²) in [6, 6.07) is 5.61. The highest BCUT2D eigenvalue weighted by atomic mass is 19.1. The van der Waals surface area contributed by atoms with Gasteiger partial charge in [-0.05, 0) is 17.7 Å². The Morgan fingerprint density at radius 3 is 2.77 bits per heavy atom. The van der Waals surface area contributed by atoms with Crippen LogP contribution in [0.15, 0.2) is 24.3 Å². The van der Waals surface area contributed by atoms with Crippen molar-refractivity contribution in [2.75, 3.05) is 0 Å². The lowest BCUT2D eigenvalue weighted by molar-refractivity contribution is 0.417. The first-order valence-electron chi connectivity index (χ1n) is 3.82. The van der Waals surface area contributed by atoms with Crippen molar-refractivity contribution in [2.24, 2.45) is 5.73 Å². The molecule has 1 unspecified atom stereocenters. The molecule has 70 valence electrons. The number of nitrogens with one attached hydrogen (secondary N) is 1. The van der Waals surface area contributed by atoms with E-state index >= 15 is 0 Å². The zero-order valence-corrected chi connectivity index (χ0v) is 6.93. The van der Waals surface area contributed by atoms with E-state index in [-0.39, 0.29) is 6.42 Å². The lowest BCUT2D eigenvalue weighted by atomic mass is 10.1. The summed E-state index contributed by atoms with van der Waals surface area (Å²) in [6.45, 7) is 0. The molecule has 0 saturated carbocycles. The topological polar surface area (TPSA) is 49.9 Å². The van der Waals surface area contributed by atoms with Crippen LogP contribution in [0.5, 0.6) is 0 Å². The quantitative estimate of drug-likeness (QED) is 0.544. The van der Waals surface area contributed by atoms with Gasteiger partial charge in [-0.1, -0.05) is 12.1 Å². The van der Waals surface area contributed by atoms with Gasteiger partial charge in [0.15, 0.2) is 6.17 Å². The summed E-state index contributed by atoms with van der Waals surface area (Å²) >= 11 is 0. The van der Waals surface area contributed by atoms with Crippen LogP contribution in [0.1, 0.15) is 5.56 Å². The molecule has 0 amide bonds. The second kappa shape index (κ2) is 3.98. The lowest BCUT2D eigenvalue weighted by Gasteiger charge is -2.05. The molecular weight excluding hydrogens is 174 g/mol. The number of alkyl halides is 1. The maximum absolute atomic E-state index is 12.9. The van der Waals surface area contributed by atoms with Crippen molar-refractivity contribution < 1.29 is 8.78 Å². The minimum Gasteiger partial charge on any atom is -0.385 e. The number of hydrogen-bond acceptors (Lipinski definition) is 1. The monoisotopic (exact) mass is 184 g/mol. The van der Waals surface area contributed by atoms with Gasteiger partial charge in [0.25, 0.3) is 0 Å². The largest absolute Gasteiger partial charge is 0.385 e. The summed E-state index contributed by atoms with van der Waals surface area (Å²) in [5.41, 5.74) is 5.44. The predicted molar refractivity (Wildman–Crippen MR) is 46.9 cm³/mol. The van der Waals surface area contributed by atoms with E-state index in [0.717, 1.165) is 0 Å². The first-order valence-corrected chi connectivity index (χ1v) is 3.82. The van der Waals surface area contributed by atoms with Gasteiger partial charge < -0.3 is 5.73 Å². The van der Waals surface area contributed by atoms with E-state index in [9.17, 15) is 8.78 Å². The molecule has 0 aliphatic heterocycles. The van der Waals surface area contributed by atoms with E-state index in [4.69, 9.17) is 11.1 Å². The predicted octanol–water partition coefficient (Wildman–Crippen LogP) is 1.64. The summed E-state index contributed by atoms with van der Waals surface area (Å²) in [7, 11) is 0. The molecule has 0 saturated heterocycles. The number of rotatable bonds is 3. The van der Waals surface area contributed by atoms with Gasteiger partial charge in [0, 0.05) is 6.42 Å². The normalized spacial score (nSPS) is 12.5. The number of benzene rings is 1. The van der Waals surface area contributed by atoms with Crippen molar-refractivity contribution in [3.05, 3.63) is 35.6 Å². The number of amidine groups is 1. The van der Waals surface area contributed by atoms with Gasteiger partial charge in [0.05, 0.1) is 0 Å². The Kier molecular flexibility index (Phi) is 2.95. The van der Waals surface area contributed by atoms with Crippen LogP contribution in [-0.4, -0.2) is 12.0 Å². The smallest absolute Gasteiger partial charge is 0.160 e. The first-order chi connectivity index (χ1) is 6.09. The van der Waals surface area contributed by atoms with Crippen molar-refractivity contribution >= 4 is 5.84 Å². The van der Waals surface area contributed by atoms with Gasteiger partial charge >= 0.3 is 0 Å². The van der Waals surface area contributed by atoms with Gasteiger partial charge in [-0.3, -0.25) is 5.41 Å². The first kappa shape index (κ1) is 9.64. The van der Waals surface area contributed by atoms with Crippen LogP contribution >= 0.6 is 0 Å². The molecule has 0 bridgehead atoms. The molecule has 4 heteroatoms. The third-order valence-corrected chi connectivity index (χ3v) is 1.64. The Morgan fingerprint density at radius 2 is 2.23 bits per heavy atom. The van der Waals surface area contributed by atoms with Gasteiger partial charge in [-0.15, -0.1) is 0 Å². The van der Waals surface area contributed by atoms with E-state index in [1.807, 2.05) is 0 Å².